The van der Waals surface area contributed by atoms with Crippen molar-refractivity contribution in [1.82, 2.24) is 4.98 Å². The number of allylic oxidation sites excluding steroid dienone is 1. The molecule has 0 spiro atoms. The maximum Gasteiger partial charge on any atom is 0.416 e. The molecule has 0 saturated heterocycles. The number of hydrogen-bond acceptors (Lipinski definition) is 3. The van der Waals surface area contributed by atoms with Crippen LogP contribution in [-0.2, 0) is 6.18 Å². The quantitative estimate of drug-likeness (QED) is 0.492. The zero-order chi connectivity index (χ0) is 18.9. The molecule has 2 aromatic carbocycles. The molecule has 0 unspecified atom stereocenters. The number of benzene rings is 2. The highest BCUT2D eigenvalue weighted by atomic mass is 32.1. The van der Waals surface area contributed by atoms with Crippen LogP contribution in [0.4, 0.5) is 13.2 Å². The minimum Gasteiger partial charge on any atom is -0.235 e. The molecule has 132 valence electrons. The third-order valence-corrected chi connectivity index (χ3v) is 5.05. The standard InChI is InChI=1S/C20H15F3N2S/c1-12(2)14-5-3-13(4-6-14)9-15(11-24)19-25-17-10-16(20(21,22)23)7-8-18(17)26-19/h3-10,12H,1-2H3/b15-9+. The number of halogens is 3. The third-order valence-electron chi connectivity index (χ3n) is 3.98. The summed E-state index contributed by atoms with van der Waals surface area (Å²) in [5.41, 5.74) is 1.88. The molecule has 0 atom stereocenters. The first-order chi connectivity index (χ1) is 12.3. The lowest BCUT2D eigenvalue weighted by atomic mass is 10.0. The number of nitriles is 1. The first kappa shape index (κ1) is 18.2. The normalized spacial score (nSPS) is 12.6. The predicted octanol–water partition coefficient (Wildman–Crippen LogP) is 6.50. The second kappa shape index (κ2) is 6.93. The van der Waals surface area contributed by atoms with Gasteiger partial charge >= 0.3 is 6.18 Å². The molecule has 0 aliphatic heterocycles. The Kier molecular flexibility index (Phi) is 4.84. The van der Waals surface area contributed by atoms with E-state index in [0.717, 1.165) is 17.7 Å². The Labute approximate surface area is 153 Å². The van der Waals surface area contributed by atoms with E-state index in [1.165, 1.54) is 23.0 Å². The molecule has 0 aliphatic rings. The Bertz CT molecular complexity index is 1010. The molecule has 0 saturated carbocycles. The van der Waals surface area contributed by atoms with E-state index in [-0.39, 0.29) is 5.52 Å². The molecule has 0 bridgehead atoms. The highest BCUT2D eigenvalue weighted by Gasteiger charge is 2.30. The second-order valence-electron chi connectivity index (χ2n) is 6.19. The molecular formula is C20H15F3N2S. The maximum absolute atomic E-state index is 12.8. The van der Waals surface area contributed by atoms with Crippen LogP contribution in [0.15, 0.2) is 42.5 Å². The summed E-state index contributed by atoms with van der Waals surface area (Å²) in [4.78, 5) is 4.23. The fraction of sp³-hybridized carbons (Fsp3) is 0.200. The predicted molar refractivity (Wildman–Crippen MR) is 98.6 cm³/mol. The van der Waals surface area contributed by atoms with Crippen molar-refractivity contribution in [2.24, 2.45) is 0 Å². The number of hydrogen-bond donors (Lipinski definition) is 0. The highest BCUT2D eigenvalue weighted by Crippen LogP contribution is 2.34. The van der Waals surface area contributed by atoms with E-state index in [1.807, 2.05) is 24.3 Å². The van der Waals surface area contributed by atoms with E-state index in [9.17, 15) is 18.4 Å². The van der Waals surface area contributed by atoms with Crippen LogP contribution >= 0.6 is 11.3 Å². The SMILES string of the molecule is CC(C)c1ccc(/C=C(\C#N)c2nc3cc(C(F)(F)F)ccc3s2)cc1. The Morgan fingerprint density at radius 2 is 1.85 bits per heavy atom. The lowest BCUT2D eigenvalue weighted by molar-refractivity contribution is -0.137. The van der Waals surface area contributed by atoms with Crippen LogP contribution in [-0.4, -0.2) is 4.98 Å². The van der Waals surface area contributed by atoms with Crippen LogP contribution in [0.25, 0.3) is 21.9 Å². The van der Waals surface area contributed by atoms with Crippen LogP contribution in [0.2, 0.25) is 0 Å². The van der Waals surface area contributed by atoms with Crippen molar-refractivity contribution in [3.8, 4) is 6.07 Å². The van der Waals surface area contributed by atoms with Crippen molar-refractivity contribution >= 4 is 33.2 Å². The van der Waals surface area contributed by atoms with E-state index >= 15 is 0 Å². The fourth-order valence-electron chi connectivity index (χ4n) is 2.50. The summed E-state index contributed by atoms with van der Waals surface area (Å²) in [5.74, 6) is 0.413. The molecule has 1 aromatic heterocycles. The fourth-order valence-corrected chi connectivity index (χ4v) is 3.42. The van der Waals surface area contributed by atoms with Gasteiger partial charge in [-0.05, 0) is 41.3 Å². The van der Waals surface area contributed by atoms with Gasteiger partial charge in [0.25, 0.3) is 0 Å². The van der Waals surface area contributed by atoms with Gasteiger partial charge in [0.1, 0.15) is 11.1 Å². The van der Waals surface area contributed by atoms with Crippen LogP contribution in [0, 0.1) is 11.3 Å². The first-order valence-electron chi connectivity index (χ1n) is 7.98. The molecule has 6 heteroatoms. The topological polar surface area (TPSA) is 36.7 Å². The minimum absolute atomic E-state index is 0.246. The van der Waals surface area contributed by atoms with Gasteiger partial charge in [-0.2, -0.15) is 18.4 Å². The number of fused-ring (bicyclic) bond motifs is 1. The van der Waals surface area contributed by atoms with Crippen LogP contribution in [0.1, 0.15) is 41.5 Å². The summed E-state index contributed by atoms with van der Waals surface area (Å²) in [6, 6.07) is 13.4. The lowest BCUT2D eigenvalue weighted by Crippen LogP contribution is -2.03. The summed E-state index contributed by atoms with van der Waals surface area (Å²) < 4.78 is 39.1. The summed E-state index contributed by atoms with van der Waals surface area (Å²) >= 11 is 1.21. The molecule has 26 heavy (non-hydrogen) atoms. The minimum atomic E-state index is -4.41. The summed E-state index contributed by atoms with van der Waals surface area (Å²) in [5, 5.41) is 9.87. The average molecular weight is 372 g/mol. The van der Waals surface area contributed by atoms with E-state index < -0.39 is 11.7 Å². The summed E-state index contributed by atoms with van der Waals surface area (Å²) in [6.07, 6.45) is -2.71. The van der Waals surface area contributed by atoms with Crippen LogP contribution in [0.5, 0.6) is 0 Å². The zero-order valence-corrected chi connectivity index (χ0v) is 14.9. The van der Waals surface area contributed by atoms with E-state index in [2.05, 4.69) is 24.9 Å². The molecule has 0 N–H and O–H groups in total. The molecule has 0 fully saturated rings. The summed E-state index contributed by atoms with van der Waals surface area (Å²) in [6.45, 7) is 4.20. The zero-order valence-electron chi connectivity index (χ0n) is 14.1. The molecule has 2 nitrogen and oxygen atoms in total. The van der Waals surface area contributed by atoms with Gasteiger partial charge in [0.15, 0.2) is 0 Å². The monoisotopic (exact) mass is 372 g/mol. The largest absolute Gasteiger partial charge is 0.416 e. The molecule has 0 aliphatic carbocycles. The van der Waals surface area contributed by atoms with Crippen molar-refractivity contribution in [3.63, 3.8) is 0 Å². The van der Waals surface area contributed by atoms with Gasteiger partial charge in [-0.1, -0.05) is 38.1 Å². The second-order valence-corrected chi connectivity index (χ2v) is 7.22. The lowest BCUT2D eigenvalue weighted by Gasteiger charge is -2.05. The van der Waals surface area contributed by atoms with Crippen LogP contribution < -0.4 is 0 Å². The molecule has 0 amide bonds. The smallest absolute Gasteiger partial charge is 0.235 e. The van der Waals surface area contributed by atoms with Crippen LogP contribution in [0.3, 0.4) is 0 Å². The number of aromatic nitrogens is 1. The summed E-state index contributed by atoms with van der Waals surface area (Å²) in [7, 11) is 0. The van der Waals surface area contributed by atoms with Gasteiger partial charge in [-0.25, -0.2) is 4.98 Å². The number of thiazole rings is 1. The van der Waals surface area contributed by atoms with Crippen molar-refractivity contribution < 1.29 is 13.2 Å². The van der Waals surface area contributed by atoms with Gasteiger partial charge in [0, 0.05) is 0 Å². The van der Waals surface area contributed by atoms with Gasteiger partial charge in [-0.3, -0.25) is 0 Å². The van der Waals surface area contributed by atoms with Gasteiger partial charge in [0.2, 0.25) is 0 Å². The molecule has 0 radical (unpaired) electrons. The van der Waals surface area contributed by atoms with Gasteiger partial charge in [-0.15, -0.1) is 11.3 Å². The van der Waals surface area contributed by atoms with Crippen molar-refractivity contribution in [2.75, 3.05) is 0 Å². The van der Waals surface area contributed by atoms with Gasteiger partial charge < -0.3 is 0 Å². The number of alkyl halides is 3. The van der Waals surface area contributed by atoms with E-state index in [4.69, 9.17) is 0 Å². The Morgan fingerprint density at radius 1 is 1.15 bits per heavy atom. The number of rotatable bonds is 3. The van der Waals surface area contributed by atoms with Crippen molar-refractivity contribution in [2.45, 2.75) is 25.9 Å². The Morgan fingerprint density at radius 3 is 2.42 bits per heavy atom. The van der Waals surface area contributed by atoms with E-state index in [0.29, 0.717) is 21.2 Å². The maximum atomic E-state index is 12.8. The molecule has 3 aromatic rings. The van der Waals surface area contributed by atoms with Gasteiger partial charge in [0.05, 0.1) is 21.4 Å². The van der Waals surface area contributed by atoms with E-state index in [1.54, 1.807) is 6.08 Å². The highest BCUT2D eigenvalue weighted by molar-refractivity contribution is 7.19. The number of nitrogens with zero attached hydrogens (tertiary/aromatic N) is 2. The van der Waals surface area contributed by atoms with Crippen molar-refractivity contribution in [1.29, 1.82) is 5.26 Å². The Balaban J connectivity index is 1.98. The average Bonchev–Trinajstić information content (AvgIpc) is 3.02. The Hall–Kier alpha value is -2.65. The van der Waals surface area contributed by atoms with Crippen molar-refractivity contribution in [3.05, 3.63) is 64.2 Å². The molecule has 3 rings (SSSR count). The third kappa shape index (κ3) is 3.78. The first-order valence-corrected chi connectivity index (χ1v) is 8.79. The molecular weight excluding hydrogens is 357 g/mol. The molecule has 1 heterocycles.